The van der Waals surface area contributed by atoms with Crippen molar-refractivity contribution in [1.82, 2.24) is 9.78 Å². The Balaban J connectivity index is 2.06. The number of carboxylic acid groups (broad SMARTS) is 1. The van der Waals surface area contributed by atoms with Gasteiger partial charge in [0.15, 0.2) is 0 Å². The summed E-state index contributed by atoms with van der Waals surface area (Å²) < 4.78 is 1.22. The average Bonchev–Trinajstić information content (AvgIpc) is 2.87. The first-order valence-electron chi connectivity index (χ1n) is 4.85. The molecule has 0 unspecified atom stereocenters. The molecule has 0 spiro atoms. The number of carboxylic acids is 1. The average molecular weight is 286 g/mol. The molecule has 2 aromatic rings. The highest BCUT2D eigenvalue weighted by atomic mass is 35.5. The van der Waals surface area contributed by atoms with Crippen molar-refractivity contribution >= 4 is 40.5 Å². The zero-order chi connectivity index (χ0) is 13.1. The predicted molar refractivity (Wildman–Crippen MR) is 67.1 cm³/mol. The Bertz CT molecular complexity index is 593. The van der Waals surface area contributed by atoms with Crippen LogP contribution in [0, 0.1) is 0 Å². The van der Waals surface area contributed by atoms with E-state index in [-0.39, 0.29) is 12.5 Å². The number of anilines is 1. The largest absolute Gasteiger partial charge is 0.480 e. The Labute approximate surface area is 111 Å². The fraction of sp³-hybridized carbons (Fsp3) is 0.100. The van der Waals surface area contributed by atoms with Crippen LogP contribution in [0.15, 0.2) is 23.8 Å². The third kappa shape index (κ3) is 2.88. The first-order chi connectivity index (χ1) is 8.56. The van der Waals surface area contributed by atoms with Gasteiger partial charge in [-0.25, -0.2) is 0 Å². The van der Waals surface area contributed by atoms with Crippen LogP contribution in [0.3, 0.4) is 0 Å². The van der Waals surface area contributed by atoms with Crippen molar-refractivity contribution in [1.29, 1.82) is 0 Å². The normalized spacial score (nSPS) is 10.3. The number of thiophene rings is 1. The highest BCUT2D eigenvalue weighted by Gasteiger charge is 2.13. The molecule has 0 aliphatic rings. The summed E-state index contributed by atoms with van der Waals surface area (Å²) in [7, 11) is 0. The lowest BCUT2D eigenvalue weighted by Crippen LogP contribution is -2.11. The molecule has 8 heteroatoms. The number of nitrogens with zero attached hydrogens (tertiary/aromatic N) is 2. The highest BCUT2D eigenvalue weighted by Crippen LogP contribution is 2.23. The smallest absolute Gasteiger partial charge is 0.325 e. The number of nitrogens with one attached hydrogen (secondary N) is 1. The van der Waals surface area contributed by atoms with E-state index in [1.807, 2.05) is 0 Å². The quantitative estimate of drug-likeness (QED) is 0.899. The number of hydrogen-bond acceptors (Lipinski definition) is 4. The maximum atomic E-state index is 11.8. The number of hydrogen-bond donors (Lipinski definition) is 2. The number of rotatable bonds is 4. The number of aliphatic carboxylic acids is 1. The van der Waals surface area contributed by atoms with E-state index in [9.17, 15) is 9.59 Å². The van der Waals surface area contributed by atoms with Gasteiger partial charge in [-0.3, -0.25) is 14.3 Å². The first-order valence-corrected chi connectivity index (χ1v) is 6.10. The van der Waals surface area contributed by atoms with Gasteiger partial charge in [0.1, 0.15) is 11.4 Å². The lowest BCUT2D eigenvalue weighted by atomic mass is 10.4. The minimum atomic E-state index is -1.00. The van der Waals surface area contributed by atoms with E-state index in [0.717, 1.165) is 0 Å². The summed E-state index contributed by atoms with van der Waals surface area (Å²) in [4.78, 5) is 22.7. The molecule has 0 saturated carbocycles. The summed E-state index contributed by atoms with van der Waals surface area (Å²) in [6.07, 6.45) is 2.82. The molecule has 18 heavy (non-hydrogen) atoms. The molecular formula is C10H8ClN3O3S. The van der Waals surface area contributed by atoms with Crippen molar-refractivity contribution in [3.8, 4) is 0 Å². The third-order valence-electron chi connectivity index (χ3n) is 2.01. The topological polar surface area (TPSA) is 84.2 Å². The molecule has 0 fully saturated rings. The zero-order valence-electron chi connectivity index (χ0n) is 8.96. The Morgan fingerprint density at radius 1 is 1.56 bits per heavy atom. The molecule has 0 aliphatic carbocycles. The van der Waals surface area contributed by atoms with Crippen LogP contribution in [0.1, 0.15) is 9.67 Å². The van der Waals surface area contributed by atoms with Gasteiger partial charge in [0.2, 0.25) is 0 Å². The van der Waals surface area contributed by atoms with Gasteiger partial charge in [-0.1, -0.05) is 11.6 Å². The van der Waals surface area contributed by atoms with E-state index in [2.05, 4.69) is 10.4 Å². The van der Waals surface area contributed by atoms with Crippen molar-refractivity contribution in [3.05, 3.63) is 33.7 Å². The van der Waals surface area contributed by atoms with E-state index in [0.29, 0.717) is 15.6 Å². The van der Waals surface area contributed by atoms with Gasteiger partial charge in [0, 0.05) is 6.20 Å². The molecule has 0 radical (unpaired) electrons. The number of carbonyl (C=O) groups excluding carboxylic acids is 1. The molecule has 0 saturated heterocycles. The molecule has 2 rings (SSSR count). The maximum Gasteiger partial charge on any atom is 0.325 e. The van der Waals surface area contributed by atoms with Crippen molar-refractivity contribution in [2.45, 2.75) is 6.54 Å². The fourth-order valence-electron chi connectivity index (χ4n) is 1.30. The minimum Gasteiger partial charge on any atom is -0.480 e. The summed E-state index contributed by atoms with van der Waals surface area (Å²) in [5.74, 6) is -1.35. The summed E-state index contributed by atoms with van der Waals surface area (Å²) in [5.41, 5.74) is 0.422. The fourth-order valence-corrected chi connectivity index (χ4v) is 2.33. The van der Waals surface area contributed by atoms with Crippen LogP contribution < -0.4 is 5.32 Å². The third-order valence-corrected chi connectivity index (χ3v) is 3.35. The molecule has 94 valence electrons. The van der Waals surface area contributed by atoms with Crippen LogP contribution in [0.25, 0.3) is 0 Å². The second-order valence-electron chi connectivity index (χ2n) is 3.37. The van der Waals surface area contributed by atoms with Crippen LogP contribution in [0.5, 0.6) is 0 Å². The molecule has 0 bridgehead atoms. The van der Waals surface area contributed by atoms with Crippen molar-refractivity contribution in [2.24, 2.45) is 0 Å². The monoisotopic (exact) mass is 285 g/mol. The van der Waals surface area contributed by atoms with Crippen LogP contribution in [-0.4, -0.2) is 26.8 Å². The Kier molecular flexibility index (Phi) is 3.63. The summed E-state index contributed by atoms with van der Waals surface area (Å²) in [6.45, 7) is -0.254. The van der Waals surface area contributed by atoms with Crippen LogP contribution in [0.4, 0.5) is 5.69 Å². The molecule has 0 atom stereocenters. The van der Waals surface area contributed by atoms with Crippen molar-refractivity contribution < 1.29 is 14.7 Å². The second kappa shape index (κ2) is 5.19. The lowest BCUT2D eigenvalue weighted by molar-refractivity contribution is -0.137. The minimum absolute atomic E-state index is 0.254. The molecule has 0 aliphatic heterocycles. The van der Waals surface area contributed by atoms with Crippen molar-refractivity contribution in [3.63, 3.8) is 0 Å². The van der Waals surface area contributed by atoms with Gasteiger partial charge >= 0.3 is 5.97 Å². The Morgan fingerprint density at radius 2 is 2.33 bits per heavy atom. The van der Waals surface area contributed by atoms with Gasteiger partial charge in [-0.15, -0.1) is 11.3 Å². The van der Waals surface area contributed by atoms with Gasteiger partial charge in [0.25, 0.3) is 5.91 Å². The van der Waals surface area contributed by atoms with E-state index in [1.165, 1.54) is 28.4 Å². The zero-order valence-corrected chi connectivity index (χ0v) is 10.5. The molecule has 2 N–H and O–H groups in total. The molecule has 1 amide bonds. The number of amides is 1. The van der Waals surface area contributed by atoms with Crippen LogP contribution >= 0.6 is 22.9 Å². The highest BCUT2D eigenvalue weighted by molar-refractivity contribution is 7.12. The number of carbonyl (C=O) groups is 2. The summed E-state index contributed by atoms with van der Waals surface area (Å²) in [6, 6.07) is 1.63. The van der Waals surface area contributed by atoms with E-state index in [4.69, 9.17) is 16.7 Å². The number of halogens is 1. The van der Waals surface area contributed by atoms with Gasteiger partial charge in [-0.05, 0) is 11.4 Å². The summed E-state index contributed by atoms with van der Waals surface area (Å²) >= 11 is 7.06. The van der Waals surface area contributed by atoms with Gasteiger partial charge < -0.3 is 10.4 Å². The van der Waals surface area contributed by atoms with E-state index >= 15 is 0 Å². The van der Waals surface area contributed by atoms with Crippen molar-refractivity contribution in [2.75, 3.05) is 5.32 Å². The van der Waals surface area contributed by atoms with E-state index in [1.54, 1.807) is 11.4 Å². The maximum absolute atomic E-state index is 11.8. The standard InChI is InChI=1S/C10H8ClN3O3S/c11-7-1-2-18-9(7)10(17)13-6-3-12-14(4-6)5-8(15)16/h1-4H,5H2,(H,13,17)(H,15,16). The van der Waals surface area contributed by atoms with E-state index < -0.39 is 5.97 Å². The second-order valence-corrected chi connectivity index (χ2v) is 4.70. The Hall–Kier alpha value is -1.86. The predicted octanol–water partition coefficient (Wildman–Crippen LogP) is 1.93. The van der Waals surface area contributed by atoms with Crippen LogP contribution in [-0.2, 0) is 11.3 Å². The lowest BCUT2D eigenvalue weighted by Gasteiger charge is -1.99. The van der Waals surface area contributed by atoms with Crippen LogP contribution in [0.2, 0.25) is 5.02 Å². The number of aromatic nitrogens is 2. The van der Waals surface area contributed by atoms with Gasteiger partial charge in [-0.2, -0.15) is 5.10 Å². The molecule has 6 nitrogen and oxygen atoms in total. The Morgan fingerprint density at radius 3 is 2.94 bits per heavy atom. The molecule has 0 aromatic carbocycles. The van der Waals surface area contributed by atoms with Gasteiger partial charge in [0.05, 0.1) is 16.9 Å². The molecule has 2 aromatic heterocycles. The SMILES string of the molecule is O=C(O)Cn1cc(NC(=O)c2sccc2Cl)cn1. The molecule has 2 heterocycles. The molecular weight excluding hydrogens is 278 g/mol. The first kappa shape index (κ1) is 12.6. The summed E-state index contributed by atoms with van der Waals surface area (Å²) in [5, 5.41) is 17.1.